The van der Waals surface area contributed by atoms with Crippen LogP contribution in [0.15, 0.2) is 29.4 Å². The van der Waals surface area contributed by atoms with Gasteiger partial charge in [-0.2, -0.15) is 14.4 Å². The zero-order valence-electron chi connectivity index (χ0n) is 19.6. The molecular formula is C23H25F2N3O7S. The molecule has 2 unspecified atom stereocenters. The monoisotopic (exact) mass is 525 g/mol. The minimum atomic E-state index is -3.63. The van der Waals surface area contributed by atoms with Crippen molar-refractivity contribution in [3.05, 3.63) is 36.2 Å². The molecular weight excluding hydrogens is 500 g/mol. The molecule has 3 fully saturated rings. The number of nitrogens with zero attached hydrogens (tertiary/aromatic N) is 3. The average molecular weight is 526 g/mol. The van der Waals surface area contributed by atoms with E-state index in [2.05, 4.69) is 9.97 Å². The van der Waals surface area contributed by atoms with Gasteiger partial charge in [-0.25, -0.2) is 17.6 Å². The highest BCUT2D eigenvalue weighted by Gasteiger charge is 2.47. The molecule has 13 heteroatoms. The molecule has 1 aromatic heterocycles. The Kier molecular flexibility index (Phi) is 6.23. The molecule has 1 aliphatic carbocycles. The second kappa shape index (κ2) is 9.11. The van der Waals surface area contributed by atoms with Crippen molar-refractivity contribution >= 4 is 15.9 Å². The van der Waals surface area contributed by atoms with Gasteiger partial charge in [-0.15, -0.1) is 0 Å². The van der Waals surface area contributed by atoms with Gasteiger partial charge in [0.1, 0.15) is 18.0 Å². The maximum absolute atomic E-state index is 15.2. The number of aromatic nitrogens is 2. The van der Waals surface area contributed by atoms with Crippen LogP contribution < -0.4 is 9.47 Å². The fourth-order valence-electron chi connectivity index (χ4n) is 4.31. The van der Waals surface area contributed by atoms with Crippen LogP contribution in [0.25, 0.3) is 0 Å². The molecule has 2 saturated heterocycles. The number of piperidine rings is 1. The highest BCUT2D eigenvalue weighted by Crippen LogP contribution is 2.40. The maximum atomic E-state index is 15.2. The number of amides is 1. The Morgan fingerprint density at radius 3 is 2.42 bits per heavy atom. The van der Waals surface area contributed by atoms with Crippen molar-refractivity contribution in [2.75, 3.05) is 32.6 Å². The van der Waals surface area contributed by atoms with E-state index in [9.17, 15) is 17.6 Å². The molecule has 10 nitrogen and oxygen atoms in total. The molecule has 0 N–H and O–H groups in total. The number of hydrogen-bond donors (Lipinski definition) is 0. The lowest BCUT2D eigenvalue weighted by atomic mass is 9.84. The summed E-state index contributed by atoms with van der Waals surface area (Å²) in [6, 6.07) is 3.00. The Morgan fingerprint density at radius 1 is 1.14 bits per heavy atom. The van der Waals surface area contributed by atoms with E-state index in [-0.39, 0.29) is 34.3 Å². The van der Waals surface area contributed by atoms with Crippen molar-refractivity contribution < 1.29 is 40.9 Å². The van der Waals surface area contributed by atoms with E-state index in [0.717, 1.165) is 43.6 Å². The van der Waals surface area contributed by atoms with E-state index in [1.54, 1.807) is 4.90 Å². The Morgan fingerprint density at radius 2 is 1.81 bits per heavy atom. The van der Waals surface area contributed by atoms with E-state index in [1.807, 2.05) is 6.92 Å². The van der Waals surface area contributed by atoms with Crippen LogP contribution in [-0.4, -0.2) is 73.6 Å². The number of fused-ring (bicyclic) bond motifs is 2. The predicted octanol–water partition coefficient (Wildman–Crippen LogP) is 2.97. The molecule has 36 heavy (non-hydrogen) atoms. The Hall–Kier alpha value is -3.06. The predicted molar refractivity (Wildman–Crippen MR) is 119 cm³/mol. The summed E-state index contributed by atoms with van der Waals surface area (Å²) in [6.07, 6.45) is 2.79. The quantitative estimate of drug-likeness (QED) is 0.561. The smallest absolute Gasteiger partial charge is 0.410 e. The first-order chi connectivity index (χ1) is 17.0. The molecule has 1 amide bonds. The second-order valence-corrected chi connectivity index (χ2v) is 11.6. The first-order valence-electron chi connectivity index (χ1n) is 11.4. The van der Waals surface area contributed by atoms with E-state index in [4.69, 9.17) is 18.9 Å². The normalized spacial score (nSPS) is 24.7. The summed E-state index contributed by atoms with van der Waals surface area (Å²) in [4.78, 5) is 21.6. The zero-order chi connectivity index (χ0) is 25.7. The third-order valence-corrected chi connectivity index (χ3v) is 7.67. The fourth-order valence-corrected chi connectivity index (χ4v) is 4.95. The first kappa shape index (κ1) is 24.6. The number of hydrogen-bond acceptors (Lipinski definition) is 9. The van der Waals surface area contributed by atoms with Crippen LogP contribution in [-0.2, 0) is 19.3 Å². The van der Waals surface area contributed by atoms with Crippen molar-refractivity contribution in [3.8, 4) is 17.5 Å². The van der Waals surface area contributed by atoms with Crippen LogP contribution >= 0.6 is 0 Å². The number of benzene rings is 1. The van der Waals surface area contributed by atoms with Crippen molar-refractivity contribution in [1.29, 1.82) is 0 Å². The van der Waals surface area contributed by atoms with Gasteiger partial charge in [-0.05, 0) is 38.0 Å². The first-order valence-corrected chi connectivity index (χ1v) is 13.3. The molecule has 0 spiro atoms. The molecule has 194 valence electrons. The molecule has 2 aliphatic heterocycles. The van der Waals surface area contributed by atoms with Gasteiger partial charge in [0.15, 0.2) is 21.4 Å². The van der Waals surface area contributed by atoms with Crippen molar-refractivity contribution in [1.82, 2.24) is 14.9 Å². The van der Waals surface area contributed by atoms with Gasteiger partial charge in [0.25, 0.3) is 11.8 Å². The Balaban J connectivity index is 1.30. The molecule has 0 radical (unpaired) electrons. The van der Waals surface area contributed by atoms with Gasteiger partial charge in [-0.3, -0.25) is 0 Å². The maximum Gasteiger partial charge on any atom is 0.410 e. The van der Waals surface area contributed by atoms with E-state index < -0.39 is 39.2 Å². The van der Waals surface area contributed by atoms with Crippen molar-refractivity contribution in [2.24, 2.45) is 11.8 Å². The van der Waals surface area contributed by atoms with E-state index >= 15 is 4.39 Å². The zero-order valence-corrected chi connectivity index (χ0v) is 20.5. The van der Waals surface area contributed by atoms with Gasteiger partial charge in [-0.1, -0.05) is 0 Å². The number of carbonyl (C=O) groups excluding carboxylic acids is 1. The average Bonchev–Trinajstić information content (AvgIpc) is 3.53. The molecule has 2 atom stereocenters. The minimum absolute atomic E-state index is 0.239. The van der Waals surface area contributed by atoms with Crippen LogP contribution in [0, 0.1) is 23.5 Å². The lowest BCUT2D eigenvalue weighted by Crippen LogP contribution is -2.59. The van der Waals surface area contributed by atoms with Crippen LogP contribution in [0.1, 0.15) is 19.8 Å². The largest absolute Gasteiger partial charge is 0.471 e. The summed E-state index contributed by atoms with van der Waals surface area (Å²) < 4.78 is 75.2. The number of carbonyl (C=O) groups is 1. The molecule has 2 aromatic rings. The van der Waals surface area contributed by atoms with Crippen LogP contribution in [0.2, 0.25) is 0 Å². The molecule has 1 aromatic carbocycles. The summed E-state index contributed by atoms with van der Waals surface area (Å²) in [5, 5.41) is 0. The van der Waals surface area contributed by atoms with Crippen LogP contribution in [0.4, 0.5) is 13.6 Å². The van der Waals surface area contributed by atoms with Gasteiger partial charge in [0.2, 0.25) is 5.82 Å². The Labute approximate surface area is 206 Å². The number of halogens is 2. The van der Waals surface area contributed by atoms with Crippen LogP contribution in [0.3, 0.4) is 0 Å². The van der Waals surface area contributed by atoms with E-state index in [0.29, 0.717) is 26.3 Å². The van der Waals surface area contributed by atoms with Gasteiger partial charge in [0, 0.05) is 31.2 Å². The van der Waals surface area contributed by atoms with Crippen molar-refractivity contribution in [3.63, 3.8) is 0 Å². The summed E-state index contributed by atoms with van der Waals surface area (Å²) in [5.41, 5.74) is -0.388. The van der Waals surface area contributed by atoms with Gasteiger partial charge < -0.3 is 23.8 Å². The minimum Gasteiger partial charge on any atom is -0.471 e. The Bertz CT molecular complexity index is 1270. The highest BCUT2D eigenvalue weighted by atomic mass is 32.2. The lowest BCUT2D eigenvalue weighted by molar-refractivity contribution is -0.112. The van der Waals surface area contributed by atoms with Crippen molar-refractivity contribution in [2.45, 2.75) is 36.4 Å². The molecule has 1 saturated carbocycles. The summed E-state index contributed by atoms with van der Waals surface area (Å²) in [6.45, 7) is 3.18. The highest BCUT2D eigenvalue weighted by molar-refractivity contribution is 7.90. The summed E-state index contributed by atoms with van der Waals surface area (Å²) in [7, 11) is -3.63. The topological polar surface area (TPSA) is 117 Å². The number of sulfone groups is 1. The number of likely N-dealkylation sites (tertiary alicyclic amines) is 1. The third-order valence-electron chi connectivity index (χ3n) is 6.56. The van der Waals surface area contributed by atoms with Gasteiger partial charge in [0.05, 0.1) is 18.1 Å². The van der Waals surface area contributed by atoms with E-state index in [1.165, 1.54) is 0 Å². The molecule has 2 bridgehead atoms. The summed E-state index contributed by atoms with van der Waals surface area (Å²) in [5.74, 6) is -3.88. The second-order valence-electron chi connectivity index (χ2n) is 9.63. The number of rotatable bonds is 6. The standard InChI is InChI=1S/C23H25F2N3O7S/c1-23(5-6-23)35-22(29)28-8-13-10-32-11-14(9-28)19(13)34-21-18(25)20(26-12-27-21)33-17-4-3-15(7-16(17)24)36(2,30)31/h3-4,7,12-14,19H,5-6,8-11H2,1-2H3. The SMILES string of the molecule is CC1(OC(=O)N2CC3COCC(C2)C3Oc2ncnc(Oc3ccc(S(C)(=O)=O)cc3F)c2F)CC1. The fraction of sp³-hybridized carbons (Fsp3) is 0.522. The lowest BCUT2D eigenvalue weighted by Gasteiger charge is -2.45. The van der Waals surface area contributed by atoms with Crippen LogP contribution in [0.5, 0.6) is 17.5 Å². The molecule has 3 aliphatic rings. The summed E-state index contributed by atoms with van der Waals surface area (Å²) >= 11 is 0. The van der Waals surface area contributed by atoms with Gasteiger partial charge >= 0.3 is 6.09 Å². The molecule has 3 heterocycles. The molecule has 5 rings (SSSR count). The number of ether oxygens (including phenoxy) is 4. The third kappa shape index (κ3) is 5.07.